The fourth-order valence-electron chi connectivity index (χ4n) is 7.27. The van der Waals surface area contributed by atoms with Crippen LogP contribution in [-0.2, 0) is 22.6 Å². The van der Waals surface area contributed by atoms with Crippen molar-refractivity contribution in [3.63, 3.8) is 0 Å². The van der Waals surface area contributed by atoms with E-state index in [2.05, 4.69) is 11.4 Å². The number of aliphatic carboxylic acids is 1. The highest BCUT2D eigenvalue weighted by Gasteiger charge is 2.61. The summed E-state index contributed by atoms with van der Waals surface area (Å²) in [5.41, 5.74) is 1.10. The van der Waals surface area contributed by atoms with Gasteiger partial charge in [-0.2, -0.15) is 13.2 Å². The van der Waals surface area contributed by atoms with Gasteiger partial charge in [-0.25, -0.2) is 22.4 Å². The number of carbonyl (C=O) groups excluding carboxylic acids is 1. The van der Waals surface area contributed by atoms with Gasteiger partial charge in [-0.05, 0) is 72.2 Å². The van der Waals surface area contributed by atoms with E-state index < -0.39 is 61.2 Å². The van der Waals surface area contributed by atoms with Crippen molar-refractivity contribution in [1.29, 1.82) is 0 Å². The summed E-state index contributed by atoms with van der Waals surface area (Å²) in [5, 5.41) is 13.6. The minimum atomic E-state index is -5.02. The summed E-state index contributed by atoms with van der Waals surface area (Å²) in [6, 6.07) is 11.1. The van der Waals surface area contributed by atoms with Crippen LogP contribution in [0.2, 0.25) is 0 Å². The summed E-state index contributed by atoms with van der Waals surface area (Å²) in [6.07, 6.45) is -6.22. The number of carboxylic acid groups (broad SMARTS) is 1. The van der Waals surface area contributed by atoms with Crippen molar-refractivity contribution in [3.05, 3.63) is 65.4 Å². The van der Waals surface area contributed by atoms with Crippen LogP contribution in [0.5, 0.6) is 0 Å². The normalized spacial score (nSPS) is 20.6. The molecule has 1 saturated carbocycles. The average Bonchev–Trinajstić information content (AvgIpc) is 3.91. The monoisotopic (exact) mass is 708 g/mol. The van der Waals surface area contributed by atoms with E-state index in [0.717, 1.165) is 40.6 Å². The van der Waals surface area contributed by atoms with Crippen LogP contribution in [0.3, 0.4) is 0 Å². The quantitative estimate of drug-likeness (QED) is 0.208. The second kappa shape index (κ2) is 14.1. The van der Waals surface area contributed by atoms with E-state index in [1.165, 1.54) is 4.90 Å². The predicted molar refractivity (Wildman–Crippen MR) is 172 cm³/mol. The van der Waals surface area contributed by atoms with Crippen LogP contribution < -0.4 is 5.32 Å². The molecule has 14 heteroatoms. The Bertz CT molecular complexity index is 1710. The van der Waals surface area contributed by atoms with Gasteiger partial charge in [-0.1, -0.05) is 42.5 Å². The molecular weight excluding hydrogens is 669 g/mol. The minimum absolute atomic E-state index is 0.176. The molecule has 2 N–H and O–H groups in total. The van der Waals surface area contributed by atoms with Crippen molar-refractivity contribution in [2.45, 2.75) is 82.0 Å². The van der Waals surface area contributed by atoms with Crippen LogP contribution in [0.15, 0.2) is 48.7 Å². The summed E-state index contributed by atoms with van der Waals surface area (Å²) in [4.78, 5) is 33.7. The van der Waals surface area contributed by atoms with Crippen molar-refractivity contribution in [1.82, 2.24) is 20.1 Å². The molecule has 6 rings (SSSR count). The molecule has 1 aliphatic carbocycles. The smallest absolute Gasteiger partial charge is 0.403 e. The molecule has 1 aromatic heterocycles. The van der Waals surface area contributed by atoms with Gasteiger partial charge in [0.1, 0.15) is 11.5 Å². The molecule has 3 aliphatic rings. The first kappa shape index (κ1) is 36.0. The molecule has 3 fully saturated rings. The number of rotatable bonds is 11. The summed E-state index contributed by atoms with van der Waals surface area (Å²) < 4.78 is 96.2. The number of hydrogen-bond acceptors (Lipinski definition) is 5. The van der Waals surface area contributed by atoms with E-state index in [1.54, 1.807) is 30.5 Å². The molecule has 0 radical (unpaired) electrons. The molecule has 0 bridgehead atoms. The van der Waals surface area contributed by atoms with E-state index in [-0.39, 0.29) is 38.3 Å². The molecule has 50 heavy (non-hydrogen) atoms. The van der Waals surface area contributed by atoms with Crippen molar-refractivity contribution in [2.75, 3.05) is 32.7 Å². The molecule has 3 heterocycles. The molecule has 2 aromatic carbocycles. The lowest BCUT2D eigenvalue weighted by Gasteiger charge is -2.41. The van der Waals surface area contributed by atoms with Crippen LogP contribution in [0, 0.1) is 5.41 Å². The number of likely N-dealkylation sites (tertiary alicyclic amines) is 2. The fraction of sp³-hybridized carbons (Fsp3) is 0.528. The first-order valence-electron chi connectivity index (χ1n) is 16.9. The summed E-state index contributed by atoms with van der Waals surface area (Å²) in [7, 11) is 0. The molecule has 0 unspecified atom stereocenters. The molecule has 1 amide bonds. The predicted octanol–water partition coefficient (Wildman–Crippen LogP) is 7.03. The molecule has 0 spiro atoms. The Morgan fingerprint density at radius 1 is 0.940 bits per heavy atom. The van der Waals surface area contributed by atoms with Crippen LogP contribution in [0.4, 0.5) is 30.7 Å². The maximum atomic E-state index is 14.4. The molecule has 270 valence electrons. The summed E-state index contributed by atoms with van der Waals surface area (Å²) in [5.74, 6) is -5.34. The Hall–Kier alpha value is -3.78. The van der Waals surface area contributed by atoms with Gasteiger partial charge in [0.05, 0.1) is 12.2 Å². The number of nitrogens with zero attached hydrogens (tertiary/aromatic N) is 3. The number of piperidine rings is 2. The Kier molecular flexibility index (Phi) is 10.2. The summed E-state index contributed by atoms with van der Waals surface area (Å²) >= 11 is 0. The van der Waals surface area contributed by atoms with Crippen molar-refractivity contribution < 1.29 is 45.4 Å². The Morgan fingerprint density at radius 3 is 2.20 bits per heavy atom. The second-order valence-corrected chi connectivity index (χ2v) is 13.8. The largest absolute Gasteiger partial charge is 0.480 e. The highest BCUT2D eigenvalue weighted by Crippen LogP contribution is 2.47. The number of carboxylic acids is 1. The molecular formula is C36H39F7N4O3. The number of hydrogen-bond donors (Lipinski definition) is 2. The third-order valence-corrected chi connectivity index (χ3v) is 10.4. The van der Waals surface area contributed by atoms with Gasteiger partial charge in [0.15, 0.2) is 0 Å². The zero-order valence-electron chi connectivity index (χ0n) is 27.3. The zero-order chi connectivity index (χ0) is 35.8. The molecule has 1 atom stereocenters. The number of fused-ring (bicyclic) bond motifs is 1. The zero-order valence-corrected chi connectivity index (χ0v) is 27.3. The number of carbonyl (C=O) groups is 2. The van der Waals surface area contributed by atoms with Gasteiger partial charge in [0.25, 0.3) is 12.3 Å². The Labute approximate surface area is 284 Å². The minimum Gasteiger partial charge on any atom is -0.480 e. The fourth-order valence-corrected chi connectivity index (χ4v) is 7.27. The van der Waals surface area contributed by atoms with E-state index >= 15 is 0 Å². The molecule has 7 nitrogen and oxygen atoms in total. The average molecular weight is 709 g/mol. The molecule has 2 saturated heterocycles. The van der Waals surface area contributed by atoms with Gasteiger partial charge in [0, 0.05) is 50.7 Å². The first-order chi connectivity index (χ1) is 23.7. The van der Waals surface area contributed by atoms with Crippen molar-refractivity contribution >= 4 is 22.6 Å². The number of aromatic nitrogens is 1. The third-order valence-electron chi connectivity index (χ3n) is 10.4. The lowest BCUT2D eigenvalue weighted by Crippen LogP contribution is -2.59. The lowest BCUT2D eigenvalue weighted by molar-refractivity contribution is -0.233. The van der Waals surface area contributed by atoms with E-state index in [1.807, 2.05) is 17.0 Å². The van der Waals surface area contributed by atoms with Gasteiger partial charge in [0.2, 0.25) is 5.91 Å². The number of amides is 1. The van der Waals surface area contributed by atoms with Crippen LogP contribution in [0.25, 0.3) is 22.0 Å². The summed E-state index contributed by atoms with van der Waals surface area (Å²) in [6.45, 7) is -0.357. The number of alkyl halides is 7. The second-order valence-electron chi connectivity index (χ2n) is 13.8. The standard InChI is InChI=1S/C36H39F7N4O3/c37-30(38)21-47-13-9-34(10-14-47,36(41,42)43)33(50)45-29(32(48)49)18-24-3-1-5-26-25(24)4-2-6-27(26)31-28(23-7-8-23)17-22(19-44-31)20-46-15-11-35(39,40)12-16-46/h1-6,17,19,23,29-30H,7-16,18,20-21H2,(H,45,50)(H,48,49)/t29-/m0/s1. The van der Waals surface area contributed by atoms with Crippen LogP contribution >= 0.6 is 0 Å². The van der Waals surface area contributed by atoms with Gasteiger partial charge in [-0.15, -0.1) is 0 Å². The van der Waals surface area contributed by atoms with Crippen molar-refractivity contribution in [2.24, 2.45) is 5.41 Å². The van der Waals surface area contributed by atoms with Gasteiger partial charge < -0.3 is 10.4 Å². The Morgan fingerprint density at radius 2 is 1.58 bits per heavy atom. The van der Waals surface area contributed by atoms with Crippen LogP contribution in [0.1, 0.15) is 61.1 Å². The molecule has 3 aromatic rings. The SMILES string of the molecule is O=C(O)[C@H](Cc1cccc2c(-c3ncc(CN4CCC(F)(F)CC4)cc3C3CC3)cccc12)NC(=O)C1(C(F)(F)F)CCN(CC(F)F)CC1. The first-order valence-corrected chi connectivity index (χ1v) is 16.9. The van der Waals surface area contributed by atoms with E-state index in [9.17, 15) is 45.4 Å². The van der Waals surface area contributed by atoms with Crippen molar-refractivity contribution in [3.8, 4) is 11.3 Å². The van der Waals surface area contributed by atoms with Gasteiger partial charge in [-0.3, -0.25) is 19.6 Å². The molecule has 2 aliphatic heterocycles. The number of nitrogens with one attached hydrogen (secondary N) is 1. The van der Waals surface area contributed by atoms with E-state index in [4.69, 9.17) is 4.98 Å². The number of pyridine rings is 1. The van der Waals surface area contributed by atoms with Crippen LogP contribution in [-0.4, -0.2) is 89.1 Å². The number of benzene rings is 2. The van der Waals surface area contributed by atoms with Gasteiger partial charge >= 0.3 is 12.1 Å². The lowest BCUT2D eigenvalue weighted by atomic mass is 9.76. The topological polar surface area (TPSA) is 85.8 Å². The maximum absolute atomic E-state index is 14.4. The highest BCUT2D eigenvalue weighted by molar-refractivity contribution is 5.99. The maximum Gasteiger partial charge on any atom is 0.403 e. The third kappa shape index (κ3) is 7.75. The highest BCUT2D eigenvalue weighted by atomic mass is 19.4. The van der Waals surface area contributed by atoms with E-state index in [0.29, 0.717) is 30.6 Å². The Balaban J connectivity index is 1.24. The number of halogens is 7.